The Hall–Kier alpha value is -1.61. The summed E-state index contributed by atoms with van der Waals surface area (Å²) in [6.45, 7) is 4.37. The largest absolute Gasteiger partial charge is 0.492 e. The third kappa shape index (κ3) is 4.49. The first kappa shape index (κ1) is 14.8. The molecule has 0 spiro atoms. The van der Waals surface area contributed by atoms with E-state index < -0.39 is 5.82 Å². The van der Waals surface area contributed by atoms with Gasteiger partial charge in [0.2, 0.25) is 0 Å². The van der Waals surface area contributed by atoms with Crippen molar-refractivity contribution in [3.63, 3.8) is 0 Å². The summed E-state index contributed by atoms with van der Waals surface area (Å²) in [4.78, 5) is 2.25. The number of morpholine rings is 1. The molecule has 5 heteroatoms. The average Bonchev–Trinajstić information content (AvgIpc) is 2.47. The van der Waals surface area contributed by atoms with Crippen molar-refractivity contribution in [3.05, 3.63) is 29.6 Å². The van der Waals surface area contributed by atoms with Crippen molar-refractivity contribution in [2.45, 2.75) is 0 Å². The molecule has 108 valence electrons. The molecule has 2 rings (SSSR count). The van der Waals surface area contributed by atoms with E-state index in [1.807, 2.05) is 0 Å². The maximum atomic E-state index is 13.7. The number of benzene rings is 1. The van der Waals surface area contributed by atoms with Crippen molar-refractivity contribution in [3.8, 4) is 17.6 Å². The van der Waals surface area contributed by atoms with E-state index in [0.29, 0.717) is 12.4 Å². The normalized spacial score (nSPS) is 15.5. The fraction of sp³-hybridized carbons (Fsp3) is 0.467. The maximum absolute atomic E-state index is 13.7. The lowest BCUT2D eigenvalue weighted by molar-refractivity contribution is 0.0322. The number of aliphatic hydroxyl groups is 1. The Morgan fingerprint density at radius 1 is 1.35 bits per heavy atom. The topological polar surface area (TPSA) is 41.9 Å². The minimum atomic E-state index is -0.435. The maximum Gasteiger partial charge on any atom is 0.142 e. The minimum absolute atomic E-state index is 0.263. The SMILES string of the molecule is OCC#Cc1ccc(OCCN2CCOCC2)cc1F. The average molecular weight is 279 g/mol. The lowest BCUT2D eigenvalue weighted by Crippen LogP contribution is -2.38. The highest BCUT2D eigenvalue weighted by molar-refractivity contribution is 5.39. The lowest BCUT2D eigenvalue weighted by Gasteiger charge is -2.26. The molecule has 0 saturated carbocycles. The fourth-order valence-electron chi connectivity index (χ4n) is 1.94. The van der Waals surface area contributed by atoms with Gasteiger partial charge < -0.3 is 14.6 Å². The first-order valence-corrected chi connectivity index (χ1v) is 6.62. The van der Waals surface area contributed by atoms with Crippen LogP contribution in [0.2, 0.25) is 0 Å². The van der Waals surface area contributed by atoms with Gasteiger partial charge in [0.15, 0.2) is 0 Å². The third-order valence-electron chi connectivity index (χ3n) is 3.02. The van der Waals surface area contributed by atoms with Crippen molar-refractivity contribution >= 4 is 0 Å². The second-order valence-electron chi connectivity index (χ2n) is 4.40. The highest BCUT2D eigenvalue weighted by atomic mass is 19.1. The van der Waals surface area contributed by atoms with E-state index >= 15 is 0 Å². The molecule has 1 N–H and O–H groups in total. The molecule has 0 amide bonds. The van der Waals surface area contributed by atoms with Gasteiger partial charge in [0.25, 0.3) is 0 Å². The molecule has 1 saturated heterocycles. The summed E-state index contributed by atoms with van der Waals surface area (Å²) < 4.78 is 24.5. The van der Waals surface area contributed by atoms with Crippen LogP contribution in [-0.2, 0) is 4.74 Å². The van der Waals surface area contributed by atoms with Crippen molar-refractivity contribution in [2.75, 3.05) is 46.1 Å². The number of nitrogens with zero attached hydrogens (tertiary/aromatic N) is 1. The number of aliphatic hydroxyl groups excluding tert-OH is 1. The van der Waals surface area contributed by atoms with Crippen LogP contribution in [0.15, 0.2) is 18.2 Å². The van der Waals surface area contributed by atoms with Gasteiger partial charge in [0.05, 0.1) is 18.8 Å². The van der Waals surface area contributed by atoms with E-state index in [0.717, 1.165) is 32.8 Å². The van der Waals surface area contributed by atoms with Gasteiger partial charge in [0.1, 0.15) is 24.8 Å². The van der Waals surface area contributed by atoms with E-state index in [2.05, 4.69) is 16.7 Å². The van der Waals surface area contributed by atoms with Crippen LogP contribution in [0.4, 0.5) is 4.39 Å². The molecule has 1 aliphatic heterocycles. The van der Waals surface area contributed by atoms with E-state index in [1.54, 1.807) is 12.1 Å². The van der Waals surface area contributed by atoms with Gasteiger partial charge in [-0.2, -0.15) is 0 Å². The van der Waals surface area contributed by atoms with Gasteiger partial charge in [-0.15, -0.1) is 0 Å². The standard InChI is InChI=1S/C15H18FNO3/c16-15-12-14(4-3-13(15)2-1-8-18)20-11-7-17-5-9-19-10-6-17/h3-4,12,18H,5-11H2. The van der Waals surface area contributed by atoms with Crippen LogP contribution in [0.25, 0.3) is 0 Å². The molecule has 0 bridgehead atoms. The first-order valence-electron chi connectivity index (χ1n) is 6.62. The monoisotopic (exact) mass is 279 g/mol. The van der Waals surface area contributed by atoms with Gasteiger partial charge in [-0.05, 0) is 12.1 Å². The Bertz CT molecular complexity index is 490. The fourth-order valence-corrected chi connectivity index (χ4v) is 1.94. The summed E-state index contributed by atoms with van der Waals surface area (Å²) in [6, 6.07) is 4.56. The second-order valence-corrected chi connectivity index (χ2v) is 4.40. The summed E-state index contributed by atoms with van der Waals surface area (Å²) in [6.07, 6.45) is 0. The van der Waals surface area contributed by atoms with Crippen LogP contribution in [0.1, 0.15) is 5.56 Å². The lowest BCUT2D eigenvalue weighted by atomic mass is 10.2. The molecule has 1 aromatic rings. The number of hydrogen-bond donors (Lipinski definition) is 1. The van der Waals surface area contributed by atoms with E-state index in [9.17, 15) is 4.39 Å². The zero-order chi connectivity index (χ0) is 14.2. The first-order chi connectivity index (χ1) is 9.79. The van der Waals surface area contributed by atoms with Crippen molar-refractivity contribution < 1.29 is 19.0 Å². The highest BCUT2D eigenvalue weighted by Gasteiger charge is 2.10. The van der Waals surface area contributed by atoms with Crippen LogP contribution < -0.4 is 4.74 Å². The second kappa shape index (κ2) is 7.85. The van der Waals surface area contributed by atoms with Gasteiger partial charge >= 0.3 is 0 Å². The summed E-state index contributed by atoms with van der Waals surface area (Å²) in [5, 5.41) is 8.58. The molecule has 0 aliphatic carbocycles. The van der Waals surface area contributed by atoms with Gasteiger partial charge in [-0.1, -0.05) is 11.8 Å². The van der Waals surface area contributed by atoms with E-state index in [4.69, 9.17) is 14.6 Å². The number of halogens is 1. The molecule has 0 radical (unpaired) electrons. The molecular weight excluding hydrogens is 261 g/mol. The van der Waals surface area contributed by atoms with Crippen LogP contribution in [0.5, 0.6) is 5.75 Å². The predicted octanol–water partition coefficient (Wildman–Crippen LogP) is 0.880. The zero-order valence-electron chi connectivity index (χ0n) is 11.3. The Morgan fingerprint density at radius 3 is 2.85 bits per heavy atom. The van der Waals surface area contributed by atoms with Crippen LogP contribution in [-0.4, -0.2) is 56.1 Å². The zero-order valence-corrected chi connectivity index (χ0v) is 11.3. The smallest absolute Gasteiger partial charge is 0.142 e. The Labute approximate surface area is 118 Å². The van der Waals surface area contributed by atoms with Gasteiger partial charge in [0, 0.05) is 25.7 Å². The number of hydrogen-bond acceptors (Lipinski definition) is 4. The molecule has 1 fully saturated rings. The quantitative estimate of drug-likeness (QED) is 0.831. The van der Waals surface area contributed by atoms with Gasteiger partial charge in [-0.3, -0.25) is 4.90 Å². The number of ether oxygens (including phenoxy) is 2. The Morgan fingerprint density at radius 2 is 2.15 bits per heavy atom. The summed E-state index contributed by atoms with van der Waals surface area (Å²) in [5.41, 5.74) is 0.263. The third-order valence-corrected chi connectivity index (χ3v) is 3.02. The van der Waals surface area contributed by atoms with Crippen molar-refractivity contribution in [1.82, 2.24) is 4.90 Å². The Balaban J connectivity index is 1.82. The van der Waals surface area contributed by atoms with E-state index in [1.165, 1.54) is 6.07 Å². The van der Waals surface area contributed by atoms with Crippen LogP contribution in [0.3, 0.4) is 0 Å². The molecule has 0 aromatic heterocycles. The predicted molar refractivity (Wildman–Crippen MR) is 73.1 cm³/mol. The molecule has 20 heavy (non-hydrogen) atoms. The number of rotatable bonds is 4. The van der Waals surface area contributed by atoms with Crippen molar-refractivity contribution in [1.29, 1.82) is 0 Å². The molecule has 1 aliphatic rings. The van der Waals surface area contributed by atoms with Crippen LogP contribution >= 0.6 is 0 Å². The molecule has 0 atom stereocenters. The minimum Gasteiger partial charge on any atom is -0.492 e. The molecule has 4 nitrogen and oxygen atoms in total. The van der Waals surface area contributed by atoms with Crippen molar-refractivity contribution in [2.24, 2.45) is 0 Å². The highest BCUT2D eigenvalue weighted by Crippen LogP contribution is 2.16. The molecule has 1 aromatic carbocycles. The molecular formula is C15H18FNO3. The summed E-state index contributed by atoms with van der Waals surface area (Å²) in [7, 11) is 0. The van der Waals surface area contributed by atoms with Gasteiger partial charge in [-0.25, -0.2) is 4.39 Å². The van der Waals surface area contributed by atoms with Crippen LogP contribution in [0, 0.1) is 17.7 Å². The van der Waals surface area contributed by atoms with E-state index in [-0.39, 0.29) is 12.2 Å². The molecule has 0 unspecified atom stereocenters. The summed E-state index contributed by atoms with van der Waals surface area (Å²) >= 11 is 0. The molecule has 1 heterocycles. The Kier molecular flexibility index (Phi) is 5.81. The summed E-state index contributed by atoms with van der Waals surface area (Å²) in [5.74, 6) is 5.02.